The van der Waals surface area contributed by atoms with E-state index in [1.807, 2.05) is 0 Å². The molecule has 4 heteroatoms. The summed E-state index contributed by atoms with van der Waals surface area (Å²) in [5, 5.41) is 9.22. The molecule has 0 saturated carbocycles. The Morgan fingerprint density at radius 3 is 2.85 bits per heavy atom. The molecule has 2 atom stereocenters. The van der Waals surface area contributed by atoms with Crippen molar-refractivity contribution in [2.24, 2.45) is 11.1 Å². The fourth-order valence-electron chi connectivity index (χ4n) is 1.87. The van der Waals surface area contributed by atoms with Crippen LogP contribution in [0.15, 0.2) is 0 Å². The zero-order chi connectivity index (χ0) is 9.73. The van der Waals surface area contributed by atoms with Crippen LogP contribution in [0, 0.1) is 5.41 Å². The van der Waals surface area contributed by atoms with Crippen molar-refractivity contribution < 1.29 is 14.2 Å². The Hall–Kier alpha value is -0.190. The molecule has 3 N–H and O–H groups in total. The number of halogens is 1. The molecular weight excluding hydrogens is 173 g/mol. The molecule has 3 nitrogen and oxygen atoms in total. The Labute approximate surface area is 78.1 Å². The van der Waals surface area contributed by atoms with Gasteiger partial charge in [-0.3, -0.25) is 0 Å². The number of ether oxygens (including phenoxy) is 1. The second-order valence-corrected chi connectivity index (χ2v) is 3.87. The van der Waals surface area contributed by atoms with Crippen molar-refractivity contribution in [1.82, 2.24) is 0 Å². The lowest BCUT2D eigenvalue weighted by Gasteiger charge is -2.37. The first kappa shape index (κ1) is 10.9. The highest BCUT2D eigenvalue weighted by molar-refractivity contribution is 4.85. The molecule has 0 bridgehead atoms. The standard InChI is InChI=1S/C9H18FNO2/c10-5-8(12)4-9(6-11)2-1-3-13-7-9/h8,12H,1-7,11H2. The SMILES string of the molecule is NCC1(CC(O)CF)CCCOC1. The highest BCUT2D eigenvalue weighted by Crippen LogP contribution is 2.32. The molecule has 1 heterocycles. The van der Waals surface area contributed by atoms with Crippen LogP contribution in [0.5, 0.6) is 0 Å². The first-order valence-electron chi connectivity index (χ1n) is 4.74. The van der Waals surface area contributed by atoms with Crippen LogP contribution in [0.2, 0.25) is 0 Å². The van der Waals surface area contributed by atoms with Crippen molar-refractivity contribution in [3.63, 3.8) is 0 Å². The van der Waals surface area contributed by atoms with Crippen LogP contribution in [0.1, 0.15) is 19.3 Å². The average Bonchev–Trinajstić information content (AvgIpc) is 2.19. The van der Waals surface area contributed by atoms with E-state index >= 15 is 0 Å². The van der Waals surface area contributed by atoms with E-state index in [1.54, 1.807) is 0 Å². The Balaban J connectivity index is 2.47. The lowest BCUT2D eigenvalue weighted by Crippen LogP contribution is -2.41. The van der Waals surface area contributed by atoms with Gasteiger partial charge in [0.15, 0.2) is 0 Å². The largest absolute Gasteiger partial charge is 0.390 e. The summed E-state index contributed by atoms with van der Waals surface area (Å²) < 4.78 is 17.4. The molecule has 0 spiro atoms. The molecule has 1 rings (SSSR count). The normalized spacial score (nSPS) is 31.6. The van der Waals surface area contributed by atoms with E-state index < -0.39 is 12.8 Å². The number of nitrogens with two attached hydrogens (primary N) is 1. The lowest BCUT2D eigenvalue weighted by molar-refractivity contribution is -0.0335. The summed E-state index contributed by atoms with van der Waals surface area (Å²) in [7, 11) is 0. The molecule has 1 aliphatic heterocycles. The molecule has 0 aromatic rings. The number of aliphatic hydroxyl groups excluding tert-OH is 1. The summed E-state index contributed by atoms with van der Waals surface area (Å²) in [6.45, 7) is 1.08. The topological polar surface area (TPSA) is 55.5 Å². The van der Waals surface area contributed by atoms with Gasteiger partial charge in [-0.2, -0.15) is 0 Å². The maximum atomic E-state index is 12.1. The van der Waals surface area contributed by atoms with Crippen molar-refractivity contribution in [2.45, 2.75) is 25.4 Å². The van der Waals surface area contributed by atoms with Gasteiger partial charge in [0.2, 0.25) is 0 Å². The number of rotatable bonds is 4. The maximum absolute atomic E-state index is 12.1. The van der Waals surface area contributed by atoms with Gasteiger partial charge >= 0.3 is 0 Å². The smallest absolute Gasteiger partial charge is 0.115 e. The third kappa shape index (κ3) is 2.90. The van der Waals surface area contributed by atoms with Gasteiger partial charge in [0.25, 0.3) is 0 Å². The minimum Gasteiger partial charge on any atom is -0.390 e. The van der Waals surface area contributed by atoms with Gasteiger partial charge in [0.1, 0.15) is 6.67 Å². The summed E-state index contributed by atoms with van der Waals surface area (Å²) in [5.41, 5.74) is 5.44. The molecule has 2 unspecified atom stereocenters. The van der Waals surface area contributed by atoms with Gasteiger partial charge in [-0.25, -0.2) is 4.39 Å². The van der Waals surface area contributed by atoms with Gasteiger partial charge in [-0.05, 0) is 19.3 Å². The maximum Gasteiger partial charge on any atom is 0.115 e. The van der Waals surface area contributed by atoms with Gasteiger partial charge in [-0.1, -0.05) is 0 Å². The first-order valence-corrected chi connectivity index (χ1v) is 4.74. The molecule has 78 valence electrons. The lowest BCUT2D eigenvalue weighted by atomic mass is 9.78. The second-order valence-electron chi connectivity index (χ2n) is 3.87. The van der Waals surface area contributed by atoms with Gasteiger partial charge in [0.05, 0.1) is 12.7 Å². The zero-order valence-electron chi connectivity index (χ0n) is 7.84. The van der Waals surface area contributed by atoms with Gasteiger partial charge in [-0.15, -0.1) is 0 Å². The van der Waals surface area contributed by atoms with E-state index in [2.05, 4.69) is 0 Å². The van der Waals surface area contributed by atoms with Crippen LogP contribution in [0.3, 0.4) is 0 Å². The fraction of sp³-hybridized carbons (Fsp3) is 1.00. The van der Waals surface area contributed by atoms with Gasteiger partial charge < -0.3 is 15.6 Å². The molecule has 0 aliphatic carbocycles. The third-order valence-electron chi connectivity index (χ3n) is 2.68. The highest BCUT2D eigenvalue weighted by Gasteiger charge is 2.33. The van der Waals surface area contributed by atoms with Crippen LogP contribution >= 0.6 is 0 Å². The van der Waals surface area contributed by atoms with Crippen molar-refractivity contribution in [3.05, 3.63) is 0 Å². The number of hydrogen-bond acceptors (Lipinski definition) is 3. The molecule has 0 radical (unpaired) electrons. The molecule has 0 aromatic heterocycles. The Kier molecular flexibility index (Phi) is 4.09. The van der Waals surface area contributed by atoms with Crippen LogP contribution in [-0.4, -0.2) is 37.6 Å². The zero-order valence-corrected chi connectivity index (χ0v) is 7.84. The number of alkyl halides is 1. The molecular formula is C9H18FNO2. The summed E-state index contributed by atoms with van der Waals surface area (Å²) in [6.07, 6.45) is 1.42. The van der Waals surface area contributed by atoms with Crippen molar-refractivity contribution in [2.75, 3.05) is 26.4 Å². The summed E-state index contributed by atoms with van der Waals surface area (Å²) >= 11 is 0. The Bertz CT molecular complexity index is 149. The number of aliphatic hydroxyl groups is 1. The van der Waals surface area contributed by atoms with Crippen molar-refractivity contribution in [1.29, 1.82) is 0 Å². The summed E-state index contributed by atoms with van der Waals surface area (Å²) in [4.78, 5) is 0. The summed E-state index contributed by atoms with van der Waals surface area (Å²) in [5.74, 6) is 0. The second kappa shape index (κ2) is 4.88. The molecule has 0 aromatic carbocycles. The van der Waals surface area contributed by atoms with Crippen LogP contribution < -0.4 is 5.73 Å². The summed E-state index contributed by atoms with van der Waals surface area (Å²) in [6, 6.07) is 0. The quantitative estimate of drug-likeness (QED) is 0.679. The van der Waals surface area contributed by atoms with E-state index in [1.165, 1.54) is 0 Å². The Morgan fingerprint density at radius 1 is 1.62 bits per heavy atom. The Morgan fingerprint density at radius 2 is 2.38 bits per heavy atom. The van der Waals surface area contributed by atoms with Crippen molar-refractivity contribution in [3.8, 4) is 0 Å². The molecule has 0 amide bonds. The highest BCUT2D eigenvalue weighted by atomic mass is 19.1. The van der Waals surface area contributed by atoms with Crippen molar-refractivity contribution >= 4 is 0 Å². The average molecular weight is 191 g/mol. The molecule has 1 saturated heterocycles. The minimum absolute atomic E-state index is 0.191. The molecule has 1 fully saturated rings. The third-order valence-corrected chi connectivity index (χ3v) is 2.68. The van der Waals surface area contributed by atoms with Crippen LogP contribution in [0.4, 0.5) is 4.39 Å². The van der Waals surface area contributed by atoms with Crippen LogP contribution in [0.25, 0.3) is 0 Å². The predicted molar refractivity (Wildman–Crippen MR) is 48.1 cm³/mol. The predicted octanol–water partition coefficient (Wildman–Crippen LogP) is 0.462. The number of hydrogen-bond donors (Lipinski definition) is 2. The van der Waals surface area contributed by atoms with E-state index in [4.69, 9.17) is 10.5 Å². The fourth-order valence-corrected chi connectivity index (χ4v) is 1.87. The molecule has 13 heavy (non-hydrogen) atoms. The molecule has 1 aliphatic rings. The van der Waals surface area contributed by atoms with Gasteiger partial charge in [0, 0.05) is 18.6 Å². The monoisotopic (exact) mass is 191 g/mol. The van der Waals surface area contributed by atoms with E-state index in [0.29, 0.717) is 19.6 Å². The van der Waals surface area contributed by atoms with E-state index in [9.17, 15) is 9.50 Å². The van der Waals surface area contributed by atoms with E-state index in [0.717, 1.165) is 19.4 Å². The van der Waals surface area contributed by atoms with Crippen LogP contribution in [-0.2, 0) is 4.74 Å². The minimum atomic E-state index is -0.884. The first-order chi connectivity index (χ1) is 6.22. The van der Waals surface area contributed by atoms with E-state index in [-0.39, 0.29) is 5.41 Å².